The van der Waals surface area contributed by atoms with Crippen LogP contribution in [-0.2, 0) is 11.3 Å². The fourth-order valence-electron chi connectivity index (χ4n) is 4.51. The zero-order valence-corrected chi connectivity index (χ0v) is 18.7. The zero-order chi connectivity index (χ0) is 20.4. The number of hydrogen-bond donors (Lipinski definition) is 0. The first-order valence-corrected chi connectivity index (χ1v) is 14.2. The molecule has 0 spiro atoms. The first-order valence-electron chi connectivity index (χ1n) is 10.7. The molecule has 152 valence electrons. The molecule has 4 heteroatoms. The van der Waals surface area contributed by atoms with E-state index in [-0.39, 0.29) is 18.2 Å². The molecule has 0 N–H and O–H groups in total. The molecule has 1 fully saturated rings. The highest BCUT2D eigenvalue weighted by molar-refractivity contribution is 6.88. The van der Waals surface area contributed by atoms with Crippen LogP contribution in [0.3, 0.4) is 0 Å². The van der Waals surface area contributed by atoms with Gasteiger partial charge in [-0.05, 0) is 42.4 Å². The third kappa shape index (κ3) is 4.48. The maximum atomic E-state index is 12.9. The van der Waals surface area contributed by atoms with Crippen molar-refractivity contribution in [3.8, 4) is 0 Å². The molecule has 2 aliphatic rings. The van der Waals surface area contributed by atoms with E-state index < -0.39 is 8.07 Å². The summed E-state index contributed by atoms with van der Waals surface area (Å²) in [5.41, 5.74) is 3.76. The van der Waals surface area contributed by atoms with Crippen LogP contribution >= 0.6 is 0 Å². The average Bonchev–Trinajstić information content (AvgIpc) is 2.71. The van der Waals surface area contributed by atoms with Crippen LogP contribution < -0.4 is 5.19 Å². The fraction of sp³-hybridized carbons (Fsp3) is 0.400. The van der Waals surface area contributed by atoms with Crippen LogP contribution in [0.5, 0.6) is 0 Å². The van der Waals surface area contributed by atoms with Gasteiger partial charge in [-0.25, -0.2) is 4.79 Å². The van der Waals surface area contributed by atoms with E-state index in [2.05, 4.69) is 50.0 Å². The highest BCUT2D eigenvalue weighted by Crippen LogP contribution is 2.37. The van der Waals surface area contributed by atoms with E-state index in [1.54, 1.807) is 0 Å². The molecule has 2 unspecified atom stereocenters. The zero-order valence-electron chi connectivity index (χ0n) is 17.7. The minimum absolute atomic E-state index is 0.149. The lowest BCUT2D eigenvalue weighted by atomic mass is 9.83. The Bertz CT molecular complexity index is 901. The van der Waals surface area contributed by atoms with Crippen molar-refractivity contribution >= 4 is 24.9 Å². The minimum atomic E-state index is -1.34. The van der Waals surface area contributed by atoms with Gasteiger partial charge in [0.2, 0.25) is 0 Å². The monoisotopic (exact) mass is 405 g/mol. The third-order valence-corrected chi connectivity index (χ3v) is 8.20. The molecule has 2 aromatic carbocycles. The Balaban J connectivity index is 1.52. The Morgan fingerprint density at radius 3 is 2.59 bits per heavy atom. The molecule has 2 atom stereocenters. The lowest BCUT2D eigenvalue weighted by Crippen LogP contribution is -2.51. The first-order chi connectivity index (χ1) is 13.9. The lowest BCUT2D eigenvalue weighted by Gasteiger charge is -2.44. The third-order valence-electron chi connectivity index (χ3n) is 6.15. The molecular formula is C25H31NO2Si. The molecule has 29 heavy (non-hydrogen) atoms. The lowest BCUT2D eigenvalue weighted by molar-refractivity contribution is 0.0510. The number of carbonyl (C=O) groups is 1. The molecule has 1 saturated heterocycles. The average molecular weight is 406 g/mol. The Morgan fingerprint density at radius 2 is 1.86 bits per heavy atom. The van der Waals surface area contributed by atoms with E-state index in [1.807, 2.05) is 35.2 Å². The number of carbonyl (C=O) groups excluding carboxylic acids is 1. The number of hydrogen-bond acceptors (Lipinski definition) is 2. The maximum Gasteiger partial charge on any atom is 0.410 e. The molecule has 0 radical (unpaired) electrons. The van der Waals surface area contributed by atoms with Crippen molar-refractivity contribution in [1.82, 2.24) is 4.90 Å². The summed E-state index contributed by atoms with van der Waals surface area (Å²) in [4.78, 5) is 14.9. The summed E-state index contributed by atoms with van der Waals surface area (Å²) in [6.07, 6.45) is 6.33. The molecule has 3 nitrogen and oxygen atoms in total. The molecule has 1 amide bonds. The molecule has 0 saturated carbocycles. The number of nitrogens with zero attached hydrogens (tertiary/aromatic N) is 1. The molecule has 4 rings (SSSR count). The van der Waals surface area contributed by atoms with Crippen molar-refractivity contribution in [3.05, 3.63) is 71.8 Å². The van der Waals surface area contributed by atoms with Gasteiger partial charge in [-0.2, -0.15) is 0 Å². The van der Waals surface area contributed by atoms with E-state index >= 15 is 0 Å². The van der Waals surface area contributed by atoms with Gasteiger partial charge in [-0.1, -0.05) is 85.5 Å². The Morgan fingerprint density at radius 1 is 1.07 bits per heavy atom. The van der Waals surface area contributed by atoms with Crippen molar-refractivity contribution in [3.63, 3.8) is 0 Å². The van der Waals surface area contributed by atoms with E-state index in [0.717, 1.165) is 24.8 Å². The summed E-state index contributed by atoms with van der Waals surface area (Å²) < 4.78 is 5.67. The van der Waals surface area contributed by atoms with Gasteiger partial charge in [-0.3, -0.25) is 4.90 Å². The largest absolute Gasteiger partial charge is 0.445 e. The van der Waals surface area contributed by atoms with Crippen LogP contribution in [0.15, 0.2) is 60.7 Å². The van der Waals surface area contributed by atoms with Crippen LogP contribution in [0, 0.1) is 0 Å². The molecule has 2 aromatic rings. The van der Waals surface area contributed by atoms with Crippen molar-refractivity contribution in [2.24, 2.45) is 0 Å². The first kappa shape index (κ1) is 20.0. The second-order valence-corrected chi connectivity index (χ2v) is 14.4. The van der Waals surface area contributed by atoms with Crippen LogP contribution in [0.1, 0.15) is 36.8 Å². The molecular weight excluding hydrogens is 374 g/mol. The van der Waals surface area contributed by atoms with Crippen molar-refractivity contribution < 1.29 is 9.53 Å². The minimum Gasteiger partial charge on any atom is -0.445 e. The molecule has 0 aromatic heterocycles. The van der Waals surface area contributed by atoms with Gasteiger partial charge < -0.3 is 4.74 Å². The van der Waals surface area contributed by atoms with Gasteiger partial charge in [-0.15, -0.1) is 0 Å². The molecule has 2 bridgehead atoms. The summed E-state index contributed by atoms with van der Waals surface area (Å²) in [5, 5.41) is 1.49. The number of ether oxygens (including phenoxy) is 1. The van der Waals surface area contributed by atoms with Gasteiger partial charge in [0.25, 0.3) is 0 Å². The Kier molecular flexibility index (Phi) is 5.64. The van der Waals surface area contributed by atoms with E-state index in [1.165, 1.54) is 22.7 Å². The van der Waals surface area contributed by atoms with Gasteiger partial charge >= 0.3 is 6.09 Å². The quantitative estimate of drug-likeness (QED) is 0.622. The Labute approximate surface area is 175 Å². The van der Waals surface area contributed by atoms with E-state index in [0.29, 0.717) is 6.61 Å². The topological polar surface area (TPSA) is 29.5 Å². The summed E-state index contributed by atoms with van der Waals surface area (Å²) >= 11 is 0. The van der Waals surface area contributed by atoms with Crippen molar-refractivity contribution in [1.29, 1.82) is 0 Å². The number of amides is 1. The second kappa shape index (κ2) is 8.19. The van der Waals surface area contributed by atoms with Gasteiger partial charge in [0.15, 0.2) is 0 Å². The van der Waals surface area contributed by atoms with Crippen LogP contribution in [0.2, 0.25) is 19.6 Å². The highest BCUT2D eigenvalue weighted by atomic mass is 28.3. The maximum absolute atomic E-state index is 12.9. The van der Waals surface area contributed by atoms with Crippen LogP contribution in [0.25, 0.3) is 5.57 Å². The Hall–Kier alpha value is -2.33. The van der Waals surface area contributed by atoms with Gasteiger partial charge in [0.1, 0.15) is 6.61 Å². The van der Waals surface area contributed by atoms with E-state index in [4.69, 9.17) is 4.74 Å². The number of fused-ring (bicyclic) bond motifs is 2. The van der Waals surface area contributed by atoms with Gasteiger partial charge in [0, 0.05) is 6.04 Å². The normalized spacial score (nSPS) is 21.5. The van der Waals surface area contributed by atoms with Crippen LogP contribution in [0.4, 0.5) is 4.79 Å². The molecule has 2 heterocycles. The number of piperidine rings is 1. The smallest absolute Gasteiger partial charge is 0.410 e. The van der Waals surface area contributed by atoms with Crippen molar-refractivity contribution in [2.45, 2.75) is 64.0 Å². The van der Waals surface area contributed by atoms with Crippen LogP contribution in [-0.4, -0.2) is 31.2 Å². The summed E-state index contributed by atoms with van der Waals surface area (Å²) in [7, 11) is -1.34. The number of benzene rings is 2. The summed E-state index contributed by atoms with van der Waals surface area (Å²) in [6.45, 7) is 7.51. The molecule has 0 aliphatic carbocycles. The predicted octanol–water partition coefficient (Wildman–Crippen LogP) is 5.58. The standard InChI is InChI=1S/C25H31NO2Si/c1-29(2,3)24-14-7-11-20(17-24)21-15-22-12-8-13-23(16-21)26(22)25(27)28-18-19-9-5-4-6-10-19/h4-7,9-11,14-15,17,22-23H,8,12-13,16,18H2,1-3H3. The fourth-order valence-corrected chi connectivity index (χ4v) is 5.69. The number of rotatable bonds is 4. The van der Waals surface area contributed by atoms with Gasteiger partial charge in [0.05, 0.1) is 14.1 Å². The SMILES string of the molecule is C[Si](C)(C)c1cccc(C2=CC3CCCC(C2)N3C(=O)OCc2ccccc2)c1. The summed E-state index contributed by atoms with van der Waals surface area (Å²) in [5.74, 6) is 0. The van der Waals surface area contributed by atoms with E-state index in [9.17, 15) is 4.79 Å². The highest BCUT2D eigenvalue weighted by Gasteiger charge is 2.38. The second-order valence-electron chi connectivity index (χ2n) is 9.33. The molecule has 2 aliphatic heterocycles. The van der Waals surface area contributed by atoms with Crippen molar-refractivity contribution in [2.75, 3.05) is 0 Å². The summed E-state index contributed by atoms with van der Waals surface area (Å²) in [6, 6.07) is 19.4. The predicted molar refractivity (Wildman–Crippen MR) is 122 cm³/mol.